The van der Waals surface area contributed by atoms with Crippen LogP contribution in [0.5, 0.6) is 11.6 Å². The van der Waals surface area contributed by atoms with Crippen molar-refractivity contribution in [1.29, 1.82) is 0 Å². The van der Waals surface area contributed by atoms with Gasteiger partial charge in [-0.2, -0.15) is 0 Å². The average Bonchev–Trinajstić information content (AvgIpc) is 2.39. The molecular weight excluding hydrogens is 204 g/mol. The van der Waals surface area contributed by atoms with Crippen LogP contribution in [-0.2, 0) is 0 Å². The van der Waals surface area contributed by atoms with Crippen LogP contribution in [0.3, 0.4) is 0 Å². The van der Waals surface area contributed by atoms with Crippen LogP contribution in [0.25, 0.3) is 11.3 Å². The van der Waals surface area contributed by atoms with E-state index in [4.69, 9.17) is 9.47 Å². The van der Waals surface area contributed by atoms with Gasteiger partial charge in [0, 0.05) is 11.6 Å². The molecule has 4 heteroatoms. The molecule has 82 valence electrons. The normalized spacial score (nSPS) is 9.88. The maximum atomic E-state index is 5.26. The molecule has 1 heterocycles. The maximum absolute atomic E-state index is 5.26. The molecule has 4 nitrogen and oxygen atoms in total. The Morgan fingerprint density at radius 3 is 2.31 bits per heavy atom. The highest BCUT2D eigenvalue weighted by molar-refractivity contribution is 5.65. The highest BCUT2D eigenvalue weighted by atomic mass is 16.5. The second-order valence-electron chi connectivity index (χ2n) is 3.17. The molecule has 0 radical (unpaired) electrons. The number of benzene rings is 1. The minimum atomic E-state index is 0.441. The van der Waals surface area contributed by atoms with E-state index in [0.29, 0.717) is 17.3 Å². The van der Waals surface area contributed by atoms with Gasteiger partial charge in [-0.3, -0.25) is 0 Å². The molecule has 1 aromatic carbocycles. The predicted octanol–water partition coefficient (Wildman–Crippen LogP) is 2.16. The molecule has 0 spiro atoms. The van der Waals surface area contributed by atoms with Crippen LogP contribution in [0.15, 0.2) is 36.4 Å². The summed E-state index contributed by atoms with van der Waals surface area (Å²) in [6.07, 6.45) is 0. The number of nitrogens with zero attached hydrogens (tertiary/aromatic N) is 2. The van der Waals surface area contributed by atoms with Gasteiger partial charge in [0.05, 0.1) is 14.2 Å². The smallest absolute Gasteiger partial charge is 0.236 e. The summed E-state index contributed by atoms with van der Waals surface area (Å²) in [5, 5.41) is 8.02. The van der Waals surface area contributed by atoms with E-state index >= 15 is 0 Å². The van der Waals surface area contributed by atoms with Crippen LogP contribution in [-0.4, -0.2) is 24.4 Å². The van der Waals surface area contributed by atoms with Crippen molar-refractivity contribution in [3.05, 3.63) is 36.4 Å². The molecule has 1 aromatic heterocycles. The summed E-state index contributed by atoms with van der Waals surface area (Å²) in [6, 6.07) is 11.5. The number of ether oxygens (including phenoxy) is 2. The van der Waals surface area contributed by atoms with E-state index in [-0.39, 0.29) is 0 Å². The Bertz CT molecular complexity index is 472. The van der Waals surface area contributed by atoms with Gasteiger partial charge in [0.25, 0.3) is 0 Å². The standard InChI is InChI=1S/C12H12N2O2/c1-15-10-8-11(16-2)13-14-12(10)9-6-4-3-5-7-9/h3-8H,1-2H3. The minimum Gasteiger partial charge on any atom is -0.494 e. The summed E-state index contributed by atoms with van der Waals surface area (Å²) >= 11 is 0. The summed E-state index contributed by atoms with van der Waals surface area (Å²) in [4.78, 5) is 0. The van der Waals surface area contributed by atoms with Gasteiger partial charge in [-0.15, -0.1) is 10.2 Å². The summed E-state index contributed by atoms with van der Waals surface area (Å²) in [5.41, 5.74) is 1.68. The third-order valence-corrected chi connectivity index (χ3v) is 2.21. The van der Waals surface area contributed by atoms with Crippen LogP contribution in [0, 0.1) is 0 Å². The third-order valence-electron chi connectivity index (χ3n) is 2.21. The lowest BCUT2D eigenvalue weighted by molar-refractivity contribution is 0.376. The summed E-state index contributed by atoms with van der Waals surface area (Å²) < 4.78 is 10.3. The van der Waals surface area contributed by atoms with Gasteiger partial charge in [-0.05, 0) is 0 Å². The van der Waals surface area contributed by atoms with Gasteiger partial charge in [0.1, 0.15) is 5.69 Å². The molecular formula is C12H12N2O2. The first-order valence-electron chi connectivity index (χ1n) is 4.86. The number of methoxy groups -OCH3 is 2. The van der Waals surface area contributed by atoms with Crippen molar-refractivity contribution in [1.82, 2.24) is 10.2 Å². The molecule has 0 unspecified atom stereocenters. The quantitative estimate of drug-likeness (QED) is 0.788. The summed E-state index contributed by atoms with van der Waals surface area (Å²) in [5.74, 6) is 1.09. The molecule has 0 saturated carbocycles. The van der Waals surface area contributed by atoms with Gasteiger partial charge in [-0.1, -0.05) is 30.3 Å². The molecule has 0 aliphatic carbocycles. The van der Waals surface area contributed by atoms with Crippen molar-refractivity contribution >= 4 is 0 Å². The maximum Gasteiger partial charge on any atom is 0.236 e. The lowest BCUT2D eigenvalue weighted by Gasteiger charge is -2.07. The van der Waals surface area contributed by atoms with E-state index in [1.54, 1.807) is 20.3 Å². The Morgan fingerprint density at radius 1 is 0.938 bits per heavy atom. The molecule has 0 amide bonds. The second kappa shape index (κ2) is 4.61. The first-order valence-corrected chi connectivity index (χ1v) is 4.86. The van der Waals surface area contributed by atoms with E-state index in [1.165, 1.54) is 0 Å². The summed E-state index contributed by atoms with van der Waals surface area (Å²) in [6.45, 7) is 0. The van der Waals surface area contributed by atoms with Gasteiger partial charge < -0.3 is 9.47 Å². The highest BCUT2D eigenvalue weighted by Gasteiger charge is 2.09. The van der Waals surface area contributed by atoms with Gasteiger partial charge in [-0.25, -0.2) is 0 Å². The Hall–Kier alpha value is -2.10. The lowest BCUT2D eigenvalue weighted by atomic mass is 10.1. The number of rotatable bonds is 3. The van der Waals surface area contributed by atoms with Gasteiger partial charge in [0.2, 0.25) is 5.88 Å². The zero-order chi connectivity index (χ0) is 11.4. The first-order chi connectivity index (χ1) is 7.85. The van der Waals surface area contributed by atoms with E-state index in [0.717, 1.165) is 5.56 Å². The Kier molecular flexibility index (Phi) is 3.00. The third kappa shape index (κ3) is 1.95. The monoisotopic (exact) mass is 216 g/mol. The Balaban J connectivity index is 2.49. The van der Waals surface area contributed by atoms with E-state index < -0.39 is 0 Å². The zero-order valence-corrected chi connectivity index (χ0v) is 9.18. The van der Waals surface area contributed by atoms with E-state index in [1.807, 2.05) is 30.3 Å². The largest absolute Gasteiger partial charge is 0.494 e. The van der Waals surface area contributed by atoms with Crippen LogP contribution in [0.4, 0.5) is 0 Å². The highest BCUT2D eigenvalue weighted by Crippen LogP contribution is 2.28. The minimum absolute atomic E-state index is 0.441. The molecule has 16 heavy (non-hydrogen) atoms. The van der Waals surface area contributed by atoms with Crippen LogP contribution in [0.2, 0.25) is 0 Å². The van der Waals surface area contributed by atoms with Crippen LogP contribution >= 0.6 is 0 Å². The van der Waals surface area contributed by atoms with Crippen molar-refractivity contribution in [3.63, 3.8) is 0 Å². The van der Waals surface area contributed by atoms with Crippen molar-refractivity contribution in [3.8, 4) is 22.9 Å². The molecule has 0 saturated heterocycles. The van der Waals surface area contributed by atoms with Crippen molar-refractivity contribution in [2.45, 2.75) is 0 Å². The topological polar surface area (TPSA) is 44.2 Å². The van der Waals surface area contributed by atoms with Crippen molar-refractivity contribution < 1.29 is 9.47 Å². The van der Waals surface area contributed by atoms with Crippen molar-refractivity contribution in [2.24, 2.45) is 0 Å². The Labute approximate surface area is 93.9 Å². The molecule has 0 bridgehead atoms. The van der Waals surface area contributed by atoms with E-state index in [2.05, 4.69) is 10.2 Å². The SMILES string of the molecule is COc1cc(OC)c(-c2ccccc2)nn1. The van der Waals surface area contributed by atoms with Crippen LogP contribution in [0.1, 0.15) is 0 Å². The van der Waals surface area contributed by atoms with Crippen LogP contribution < -0.4 is 9.47 Å². The molecule has 2 rings (SSSR count). The van der Waals surface area contributed by atoms with Crippen molar-refractivity contribution in [2.75, 3.05) is 14.2 Å². The van der Waals surface area contributed by atoms with E-state index in [9.17, 15) is 0 Å². The molecule has 0 atom stereocenters. The fourth-order valence-corrected chi connectivity index (χ4v) is 1.41. The zero-order valence-electron chi connectivity index (χ0n) is 9.18. The molecule has 0 N–H and O–H groups in total. The molecule has 2 aromatic rings. The first kappa shape index (κ1) is 10.4. The number of aromatic nitrogens is 2. The van der Waals surface area contributed by atoms with Gasteiger partial charge >= 0.3 is 0 Å². The fraction of sp³-hybridized carbons (Fsp3) is 0.167. The Morgan fingerprint density at radius 2 is 1.69 bits per heavy atom. The summed E-state index contributed by atoms with van der Waals surface area (Å²) in [7, 11) is 3.15. The number of hydrogen-bond donors (Lipinski definition) is 0. The molecule has 0 aliphatic heterocycles. The fourth-order valence-electron chi connectivity index (χ4n) is 1.41. The number of hydrogen-bond acceptors (Lipinski definition) is 4. The second-order valence-corrected chi connectivity index (χ2v) is 3.17. The predicted molar refractivity (Wildman–Crippen MR) is 60.6 cm³/mol. The van der Waals surface area contributed by atoms with Gasteiger partial charge in [0.15, 0.2) is 5.75 Å². The molecule has 0 aliphatic rings. The lowest BCUT2D eigenvalue weighted by Crippen LogP contribution is -1.96. The average molecular weight is 216 g/mol. The molecule has 0 fully saturated rings.